The van der Waals surface area contributed by atoms with Crippen LogP contribution in [0, 0.1) is 0 Å². The van der Waals surface area contributed by atoms with Crippen molar-refractivity contribution in [2.75, 3.05) is 40.3 Å². The van der Waals surface area contributed by atoms with E-state index in [0.717, 1.165) is 13.0 Å². The third-order valence-corrected chi connectivity index (χ3v) is 4.27. The van der Waals surface area contributed by atoms with Gasteiger partial charge in [0, 0.05) is 24.7 Å². The average molecular weight is 255 g/mol. The SMILES string of the molecule is CN(C)C1CCCN(CCC(CO)NC2CC2)C1. The van der Waals surface area contributed by atoms with E-state index in [1.54, 1.807) is 0 Å². The summed E-state index contributed by atoms with van der Waals surface area (Å²) in [6.07, 6.45) is 6.30. The molecule has 2 aliphatic rings. The highest BCUT2D eigenvalue weighted by Gasteiger charge is 2.25. The maximum atomic E-state index is 9.38. The molecule has 2 unspecified atom stereocenters. The molecule has 106 valence electrons. The quantitative estimate of drug-likeness (QED) is 0.695. The second-order valence-corrected chi connectivity index (χ2v) is 6.17. The van der Waals surface area contributed by atoms with Crippen LogP contribution in [0.15, 0.2) is 0 Å². The van der Waals surface area contributed by atoms with Gasteiger partial charge in [0.2, 0.25) is 0 Å². The summed E-state index contributed by atoms with van der Waals surface area (Å²) in [5.74, 6) is 0. The van der Waals surface area contributed by atoms with Gasteiger partial charge in [-0.05, 0) is 59.3 Å². The lowest BCUT2D eigenvalue weighted by Gasteiger charge is -2.36. The zero-order chi connectivity index (χ0) is 13.0. The minimum atomic E-state index is 0.279. The van der Waals surface area contributed by atoms with E-state index in [4.69, 9.17) is 0 Å². The number of hydrogen-bond acceptors (Lipinski definition) is 4. The lowest BCUT2D eigenvalue weighted by Crippen LogP contribution is -2.46. The summed E-state index contributed by atoms with van der Waals surface area (Å²) in [4.78, 5) is 4.91. The van der Waals surface area contributed by atoms with Gasteiger partial charge in [0.1, 0.15) is 0 Å². The second kappa shape index (κ2) is 6.85. The molecule has 0 aromatic heterocycles. The molecule has 2 fully saturated rings. The number of aliphatic hydroxyl groups is 1. The van der Waals surface area contributed by atoms with Crippen LogP contribution in [0.2, 0.25) is 0 Å². The van der Waals surface area contributed by atoms with Crippen LogP contribution >= 0.6 is 0 Å². The first-order valence-electron chi connectivity index (χ1n) is 7.44. The normalized spacial score (nSPS) is 27.7. The molecule has 0 radical (unpaired) electrons. The minimum absolute atomic E-state index is 0.279. The van der Waals surface area contributed by atoms with E-state index in [1.165, 1.54) is 38.8 Å². The van der Waals surface area contributed by atoms with E-state index >= 15 is 0 Å². The predicted molar refractivity (Wildman–Crippen MR) is 74.8 cm³/mol. The van der Waals surface area contributed by atoms with Gasteiger partial charge in [-0.3, -0.25) is 0 Å². The molecule has 1 heterocycles. The van der Waals surface area contributed by atoms with Crippen LogP contribution in [-0.4, -0.2) is 73.4 Å². The highest BCUT2D eigenvalue weighted by molar-refractivity contribution is 4.85. The summed E-state index contributed by atoms with van der Waals surface area (Å²) in [5.41, 5.74) is 0. The van der Waals surface area contributed by atoms with E-state index in [1.807, 2.05) is 0 Å². The first-order chi connectivity index (χ1) is 8.69. The Morgan fingerprint density at radius 1 is 1.33 bits per heavy atom. The molecule has 0 amide bonds. The van der Waals surface area contributed by atoms with Crippen LogP contribution in [0.3, 0.4) is 0 Å². The van der Waals surface area contributed by atoms with Crippen LogP contribution in [0.5, 0.6) is 0 Å². The van der Waals surface area contributed by atoms with Gasteiger partial charge in [0.25, 0.3) is 0 Å². The molecule has 2 rings (SSSR count). The Labute approximate surface area is 111 Å². The Morgan fingerprint density at radius 3 is 2.72 bits per heavy atom. The summed E-state index contributed by atoms with van der Waals surface area (Å²) >= 11 is 0. The van der Waals surface area contributed by atoms with Crippen molar-refractivity contribution in [3.05, 3.63) is 0 Å². The molecule has 2 atom stereocenters. The fraction of sp³-hybridized carbons (Fsp3) is 1.00. The fourth-order valence-corrected chi connectivity index (χ4v) is 2.80. The molecule has 1 aliphatic carbocycles. The van der Waals surface area contributed by atoms with Gasteiger partial charge in [-0.2, -0.15) is 0 Å². The first kappa shape index (κ1) is 14.3. The van der Waals surface area contributed by atoms with Crippen molar-refractivity contribution in [1.82, 2.24) is 15.1 Å². The Kier molecular flexibility index (Phi) is 5.42. The molecule has 18 heavy (non-hydrogen) atoms. The van der Waals surface area contributed by atoms with Crippen LogP contribution in [-0.2, 0) is 0 Å². The predicted octanol–water partition coefficient (Wildman–Crippen LogP) is 0.515. The molecule has 4 heteroatoms. The van der Waals surface area contributed by atoms with Crippen LogP contribution < -0.4 is 5.32 Å². The molecule has 1 saturated heterocycles. The molecule has 0 aromatic carbocycles. The summed E-state index contributed by atoms with van der Waals surface area (Å²) < 4.78 is 0. The molecule has 4 nitrogen and oxygen atoms in total. The Bertz CT molecular complexity index is 243. The highest BCUT2D eigenvalue weighted by atomic mass is 16.3. The van der Waals surface area contributed by atoms with Gasteiger partial charge in [-0.1, -0.05) is 0 Å². The van der Waals surface area contributed by atoms with Gasteiger partial charge < -0.3 is 20.2 Å². The smallest absolute Gasteiger partial charge is 0.0585 e. The summed E-state index contributed by atoms with van der Waals surface area (Å²) in [6, 6.07) is 1.71. The standard InChI is InChI=1S/C14H29N3O/c1-16(2)14-4-3-8-17(10-14)9-7-13(11-18)15-12-5-6-12/h12-15,18H,3-11H2,1-2H3. The lowest BCUT2D eigenvalue weighted by atomic mass is 10.0. The molecule has 1 aliphatic heterocycles. The van der Waals surface area contributed by atoms with Crippen molar-refractivity contribution in [2.24, 2.45) is 0 Å². The van der Waals surface area contributed by atoms with Crippen molar-refractivity contribution in [1.29, 1.82) is 0 Å². The first-order valence-corrected chi connectivity index (χ1v) is 7.44. The third kappa shape index (κ3) is 4.50. The summed E-state index contributed by atoms with van der Waals surface area (Å²) in [5, 5.41) is 12.9. The molecule has 0 bridgehead atoms. The van der Waals surface area contributed by atoms with E-state index in [-0.39, 0.29) is 6.61 Å². The van der Waals surface area contributed by atoms with E-state index in [2.05, 4.69) is 29.2 Å². The Balaban J connectivity index is 1.67. The van der Waals surface area contributed by atoms with Crippen molar-refractivity contribution in [3.8, 4) is 0 Å². The van der Waals surface area contributed by atoms with Crippen LogP contribution in [0.4, 0.5) is 0 Å². The largest absolute Gasteiger partial charge is 0.395 e. The van der Waals surface area contributed by atoms with Crippen LogP contribution in [0.25, 0.3) is 0 Å². The number of nitrogens with one attached hydrogen (secondary N) is 1. The highest BCUT2D eigenvalue weighted by Crippen LogP contribution is 2.20. The molecule has 2 N–H and O–H groups in total. The number of piperidine rings is 1. The number of nitrogens with zero attached hydrogens (tertiary/aromatic N) is 2. The van der Waals surface area contributed by atoms with Gasteiger partial charge in [-0.15, -0.1) is 0 Å². The molecule has 0 aromatic rings. The van der Waals surface area contributed by atoms with Gasteiger partial charge in [0.15, 0.2) is 0 Å². The lowest BCUT2D eigenvalue weighted by molar-refractivity contribution is 0.124. The van der Waals surface area contributed by atoms with E-state index in [0.29, 0.717) is 18.1 Å². The number of likely N-dealkylation sites (tertiary alicyclic amines) is 1. The van der Waals surface area contributed by atoms with Gasteiger partial charge >= 0.3 is 0 Å². The van der Waals surface area contributed by atoms with E-state index in [9.17, 15) is 5.11 Å². The number of hydrogen-bond donors (Lipinski definition) is 2. The monoisotopic (exact) mass is 255 g/mol. The van der Waals surface area contributed by atoms with Crippen molar-refractivity contribution >= 4 is 0 Å². The molecule has 0 spiro atoms. The van der Waals surface area contributed by atoms with Crippen molar-refractivity contribution in [2.45, 2.75) is 50.2 Å². The Morgan fingerprint density at radius 2 is 2.11 bits per heavy atom. The van der Waals surface area contributed by atoms with Crippen molar-refractivity contribution in [3.63, 3.8) is 0 Å². The zero-order valence-electron chi connectivity index (χ0n) is 11.9. The number of aliphatic hydroxyl groups excluding tert-OH is 1. The number of rotatable bonds is 7. The maximum absolute atomic E-state index is 9.38. The summed E-state index contributed by atoms with van der Waals surface area (Å²) in [7, 11) is 4.36. The van der Waals surface area contributed by atoms with Crippen molar-refractivity contribution < 1.29 is 5.11 Å². The Hall–Kier alpha value is -0.160. The third-order valence-electron chi connectivity index (χ3n) is 4.27. The molecular formula is C14H29N3O. The average Bonchev–Trinajstić information content (AvgIpc) is 3.18. The zero-order valence-corrected chi connectivity index (χ0v) is 11.9. The second-order valence-electron chi connectivity index (χ2n) is 6.17. The van der Waals surface area contributed by atoms with E-state index < -0.39 is 0 Å². The van der Waals surface area contributed by atoms with Gasteiger partial charge in [0.05, 0.1) is 6.61 Å². The number of likely N-dealkylation sites (N-methyl/N-ethyl adjacent to an activating group) is 1. The topological polar surface area (TPSA) is 38.7 Å². The maximum Gasteiger partial charge on any atom is 0.0585 e. The van der Waals surface area contributed by atoms with Gasteiger partial charge in [-0.25, -0.2) is 0 Å². The molecular weight excluding hydrogens is 226 g/mol. The minimum Gasteiger partial charge on any atom is -0.395 e. The molecule has 1 saturated carbocycles. The van der Waals surface area contributed by atoms with Crippen LogP contribution in [0.1, 0.15) is 32.1 Å². The fourth-order valence-electron chi connectivity index (χ4n) is 2.80. The summed E-state index contributed by atoms with van der Waals surface area (Å²) in [6.45, 7) is 3.82.